The monoisotopic (exact) mass is 260 g/mol. The number of ether oxygens (including phenoxy) is 1. The van der Waals surface area contributed by atoms with Crippen LogP contribution in [0.2, 0.25) is 0 Å². The zero-order valence-electron chi connectivity index (χ0n) is 11.6. The Hall–Kier alpha value is -1.09. The lowest BCUT2D eigenvalue weighted by Gasteiger charge is -2.22. The van der Waals surface area contributed by atoms with E-state index < -0.39 is 0 Å². The first kappa shape index (κ1) is 12.9. The fourth-order valence-corrected chi connectivity index (χ4v) is 3.10. The van der Waals surface area contributed by atoms with E-state index in [1.165, 1.54) is 50.5 Å². The maximum atomic E-state index is 5.75. The lowest BCUT2D eigenvalue weighted by molar-refractivity contribution is -0.0394. The van der Waals surface area contributed by atoms with Crippen molar-refractivity contribution in [2.45, 2.75) is 57.6 Å². The molecule has 0 bridgehead atoms. The van der Waals surface area contributed by atoms with Gasteiger partial charge in [-0.15, -0.1) is 0 Å². The van der Waals surface area contributed by atoms with Gasteiger partial charge in [-0.25, -0.2) is 4.68 Å². The second-order valence-electron chi connectivity index (χ2n) is 5.83. The van der Waals surface area contributed by atoms with E-state index in [0.29, 0.717) is 0 Å². The minimum atomic E-state index is 0.158. The topological polar surface area (TPSA) is 27.1 Å². The summed E-state index contributed by atoms with van der Waals surface area (Å²) in [5.41, 5.74) is 1.21. The zero-order chi connectivity index (χ0) is 12.9. The number of nitrogens with zero attached hydrogens (tertiary/aromatic N) is 2. The normalized spacial score (nSPS) is 26.0. The average Bonchev–Trinajstić information content (AvgIpc) is 2.96. The maximum absolute atomic E-state index is 5.75. The van der Waals surface area contributed by atoms with Gasteiger partial charge in [-0.1, -0.05) is 31.4 Å². The molecule has 1 aliphatic heterocycles. The summed E-state index contributed by atoms with van der Waals surface area (Å²) >= 11 is 0. The van der Waals surface area contributed by atoms with Crippen molar-refractivity contribution in [2.75, 3.05) is 6.61 Å². The summed E-state index contributed by atoms with van der Waals surface area (Å²) in [6.45, 7) is 0.873. The van der Waals surface area contributed by atoms with E-state index >= 15 is 0 Å². The van der Waals surface area contributed by atoms with E-state index in [-0.39, 0.29) is 6.23 Å². The molecule has 0 spiro atoms. The van der Waals surface area contributed by atoms with Crippen molar-refractivity contribution in [3.63, 3.8) is 0 Å². The number of hydrogen-bond acceptors (Lipinski definition) is 2. The maximum Gasteiger partial charge on any atom is 0.150 e. The van der Waals surface area contributed by atoms with Gasteiger partial charge in [0.15, 0.2) is 0 Å². The molecule has 1 aliphatic carbocycles. The van der Waals surface area contributed by atoms with Crippen LogP contribution in [0, 0.1) is 5.92 Å². The minimum Gasteiger partial charge on any atom is -0.357 e. The highest BCUT2D eigenvalue weighted by Gasteiger charge is 2.16. The predicted octanol–water partition coefficient (Wildman–Crippen LogP) is 4.18. The molecule has 0 N–H and O–H groups in total. The smallest absolute Gasteiger partial charge is 0.150 e. The van der Waals surface area contributed by atoms with Crippen LogP contribution in [0.1, 0.15) is 63.2 Å². The second kappa shape index (κ2) is 6.38. The van der Waals surface area contributed by atoms with Crippen LogP contribution in [0.4, 0.5) is 0 Å². The minimum absolute atomic E-state index is 0.158. The highest BCUT2D eigenvalue weighted by Crippen LogP contribution is 2.26. The Kier molecular flexibility index (Phi) is 4.34. The Balaban J connectivity index is 1.59. The van der Waals surface area contributed by atoms with Crippen molar-refractivity contribution < 1.29 is 4.74 Å². The van der Waals surface area contributed by atoms with Crippen LogP contribution in [0.5, 0.6) is 0 Å². The molecule has 2 aliphatic rings. The Morgan fingerprint density at radius 3 is 2.74 bits per heavy atom. The fourth-order valence-electron chi connectivity index (χ4n) is 3.10. The molecule has 3 nitrogen and oxygen atoms in total. The van der Waals surface area contributed by atoms with Crippen molar-refractivity contribution >= 4 is 6.08 Å². The van der Waals surface area contributed by atoms with Gasteiger partial charge in [-0.3, -0.25) is 0 Å². The number of rotatable bonds is 3. The molecule has 1 aromatic heterocycles. The Morgan fingerprint density at radius 1 is 1.11 bits per heavy atom. The van der Waals surface area contributed by atoms with Gasteiger partial charge in [0.05, 0.1) is 6.20 Å². The molecule has 3 heteroatoms. The summed E-state index contributed by atoms with van der Waals surface area (Å²) < 4.78 is 7.73. The third-order valence-electron chi connectivity index (χ3n) is 4.28. The molecular weight excluding hydrogens is 236 g/mol. The molecule has 0 amide bonds. The summed E-state index contributed by atoms with van der Waals surface area (Å²) in [5.74, 6) is 0.781. The molecule has 1 atom stereocenters. The molecule has 1 aromatic rings. The molecule has 3 rings (SSSR count). The van der Waals surface area contributed by atoms with E-state index in [1.54, 1.807) is 0 Å². The summed E-state index contributed by atoms with van der Waals surface area (Å²) in [6, 6.07) is 0. The Morgan fingerprint density at radius 2 is 1.95 bits per heavy atom. The average molecular weight is 260 g/mol. The lowest BCUT2D eigenvalue weighted by atomic mass is 9.89. The molecule has 0 radical (unpaired) electrons. The molecule has 0 aromatic carbocycles. The first-order valence-electron chi connectivity index (χ1n) is 7.76. The van der Waals surface area contributed by atoms with E-state index in [2.05, 4.69) is 23.4 Å². The first-order chi connectivity index (χ1) is 9.42. The molecule has 19 heavy (non-hydrogen) atoms. The van der Waals surface area contributed by atoms with Gasteiger partial charge in [0, 0.05) is 18.4 Å². The van der Waals surface area contributed by atoms with Crippen molar-refractivity contribution in [3.8, 4) is 0 Å². The number of allylic oxidation sites excluding steroid dienone is 1. The SMILES string of the molecule is C(=CC1CCCCC1)c1cnn(C2CCCCO2)c1. The third-order valence-corrected chi connectivity index (χ3v) is 4.28. The quantitative estimate of drug-likeness (QED) is 0.815. The van der Waals surface area contributed by atoms with Crippen LogP contribution < -0.4 is 0 Å². The molecular formula is C16H24N2O. The van der Waals surface area contributed by atoms with Gasteiger partial charge < -0.3 is 4.74 Å². The number of hydrogen-bond donors (Lipinski definition) is 0. The standard InChI is InChI=1S/C16H24N2O/c1-2-6-14(7-3-1)9-10-15-12-17-18(13-15)16-8-4-5-11-19-16/h9-10,12-14,16H,1-8,11H2. The summed E-state index contributed by atoms with van der Waals surface area (Å²) in [6.07, 6.45) is 19.3. The molecule has 2 heterocycles. The predicted molar refractivity (Wildman–Crippen MR) is 76.7 cm³/mol. The molecule has 1 saturated heterocycles. The van der Waals surface area contributed by atoms with E-state index in [4.69, 9.17) is 4.74 Å². The van der Waals surface area contributed by atoms with Gasteiger partial charge in [-0.2, -0.15) is 5.10 Å². The van der Waals surface area contributed by atoms with Crippen molar-refractivity contribution in [3.05, 3.63) is 24.0 Å². The van der Waals surface area contributed by atoms with Gasteiger partial charge in [0.1, 0.15) is 6.23 Å². The summed E-state index contributed by atoms with van der Waals surface area (Å²) in [4.78, 5) is 0. The second-order valence-corrected chi connectivity index (χ2v) is 5.83. The summed E-state index contributed by atoms with van der Waals surface area (Å²) in [5, 5.41) is 4.44. The molecule has 104 valence electrons. The fraction of sp³-hybridized carbons (Fsp3) is 0.688. The van der Waals surface area contributed by atoms with Crippen LogP contribution in [-0.2, 0) is 4.74 Å². The first-order valence-corrected chi connectivity index (χ1v) is 7.76. The van der Waals surface area contributed by atoms with Crippen molar-refractivity contribution in [1.29, 1.82) is 0 Å². The van der Waals surface area contributed by atoms with Crippen molar-refractivity contribution in [2.24, 2.45) is 5.92 Å². The lowest BCUT2D eigenvalue weighted by Crippen LogP contribution is -2.18. The summed E-state index contributed by atoms with van der Waals surface area (Å²) in [7, 11) is 0. The number of aromatic nitrogens is 2. The van der Waals surface area contributed by atoms with E-state index in [0.717, 1.165) is 18.9 Å². The van der Waals surface area contributed by atoms with Crippen LogP contribution in [0.15, 0.2) is 18.5 Å². The Bertz CT molecular complexity index is 412. The van der Waals surface area contributed by atoms with Crippen LogP contribution >= 0.6 is 0 Å². The van der Waals surface area contributed by atoms with Crippen LogP contribution in [-0.4, -0.2) is 16.4 Å². The van der Waals surface area contributed by atoms with Crippen LogP contribution in [0.25, 0.3) is 6.08 Å². The molecule has 1 unspecified atom stereocenters. The van der Waals surface area contributed by atoms with Gasteiger partial charge in [0.25, 0.3) is 0 Å². The molecule has 2 fully saturated rings. The largest absolute Gasteiger partial charge is 0.357 e. The van der Waals surface area contributed by atoms with Gasteiger partial charge in [-0.05, 0) is 38.0 Å². The highest BCUT2D eigenvalue weighted by atomic mass is 16.5. The molecule has 1 saturated carbocycles. The van der Waals surface area contributed by atoms with E-state index in [1.807, 2.05) is 10.9 Å². The van der Waals surface area contributed by atoms with Gasteiger partial charge >= 0.3 is 0 Å². The van der Waals surface area contributed by atoms with Crippen LogP contribution in [0.3, 0.4) is 0 Å². The van der Waals surface area contributed by atoms with Crippen molar-refractivity contribution in [1.82, 2.24) is 9.78 Å². The third kappa shape index (κ3) is 3.47. The highest BCUT2D eigenvalue weighted by molar-refractivity contribution is 5.47. The zero-order valence-corrected chi connectivity index (χ0v) is 11.6. The van der Waals surface area contributed by atoms with Gasteiger partial charge in [0.2, 0.25) is 0 Å². The Labute approximate surface area is 115 Å². The van der Waals surface area contributed by atoms with E-state index in [9.17, 15) is 0 Å².